The Morgan fingerprint density at radius 1 is 1.70 bits per heavy atom. The molecule has 10 heavy (non-hydrogen) atoms. The van der Waals surface area contributed by atoms with Crippen LogP contribution in [0.3, 0.4) is 0 Å². The molecule has 0 heterocycles. The van der Waals surface area contributed by atoms with Gasteiger partial charge in [0.1, 0.15) is 11.3 Å². The van der Waals surface area contributed by atoms with Crippen molar-refractivity contribution in [3.05, 3.63) is 0 Å². The highest BCUT2D eigenvalue weighted by atomic mass is 35.7. The van der Waals surface area contributed by atoms with Gasteiger partial charge in [0.05, 0.1) is 6.61 Å². The molecule has 0 fully saturated rings. The van der Waals surface area contributed by atoms with Crippen molar-refractivity contribution in [1.82, 2.24) is 0 Å². The Morgan fingerprint density at radius 2 is 2.30 bits per heavy atom. The van der Waals surface area contributed by atoms with Crippen molar-refractivity contribution in [2.45, 2.75) is 6.92 Å². The molecule has 0 aromatic rings. The first-order chi connectivity index (χ1) is 4.68. The topological polar surface area (TPSA) is 44.8 Å². The minimum atomic E-state index is -3.37. The van der Waals surface area contributed by atoms with E-state index >= 15 is 0 Å². The van der Waals surface area contributed by atoms with E-state index < -0.39 is 7.82 Å². The van der Waals surface area contributed by atoms with Gasteiger partial charge in [-0.15, -0.1) is 0 Å². The molecule has 0 aliphatic heterocycles. The minimum Gasteiger partial charge on any atom is -0.290 e. The number of phosphoric acid groups is 1. The Hall–Kier alpha value is 0.750. The molecular weight excluding hydrogens is 199 g/mol. The molecule has 4 nitrogen and oxygen atoms in total. The second kappa shape index (κ2) is 5.41. The van der Waals surface area contributed by atoms with Gasteiger partial charge >= 0.3 is 7.82 Å². The van der Waals surface area contributed by atoms with Gasteiger partial charge in [0.25, 0.3) is 0 Å². The summed E-state index contributed by atoms with van der Waals surface area (Å²) in [4.78, 5) is 0. The van der Waals surface area contributed by atoms with Crippen molar-refractivity contribution in [2.24, 2.45) is 0 Å². The summed E-state index contributed by atoms with van der Waals surface area (Å²) in [5.74, 6) is 0. The van der Waals surface area contributed by atoms with Crippen molar-refractivity contribution in [3.8, 4) is 0 Å². The fourth-order valence-electron chi connectivity index (χ4n) is 0.297. The monoisotopic (exact) mass is 206 g/mol. The van der Waals surface area contributed by atoms with Gasteiger partial charge in [0.2, 0.25) is 0 Å². The molecule has 0 amide bonds. The van der Waals surface area contributed by atoms with Crippen LogP contribution >= 0.6 is 29.8 Å². The van der Waals surface area contributed by atoms with Gasteiger partial charge in [-0.2, -0.15) is 3.97 Å². The lowest BCUT2D eigenvalue weighted by Gasteiger charge is -2.10. The third kappa shape index (κ3) is 3.81. The van der Waals surface area contributed by atoms with Crippen molar-refractivity contribution in [1.29, 1.82) is 0 Å². The van der Waals surface area contributed by atoms with Crippen LogP contribution in [0.5, 0.6) is 0 Å². The molecule has 0 radical (unpaired) electrons. The molecule has 0 saturated heterocycles. The van der Waals surface area contributed by atoms with Gasteiger partial charge in [0, 0.05) is 7.11 Å². The lowest BCUT2D eigenvalue weighted by Crippen LogP contribution is -1.91. The molecule has 7 heteroatoms. The molecular formula is C3H8ClO4PS. The molecule has 1 atom stereocenters. The van der Waals surface area contributed by atoms with Gasteiger partial charge in [-0.3, -0.25) is 9.05 Å². The van der Waals surface area contributed by atoms with Crippen LogP contribution in [-0.4, -0.2) is 13.7 Å². The molecule has 0 aliphatic carbocycles. The van der Waals surface area contributed by atoms with E-state index in [9.17, 15) is 4.57 Å². The van der Waals surface area contributed by atoms with Crippen LogP contribution in [0.25, 0.3) is 0 Å². The summed E-state index contributed by atoms with van der Waals surface area (Å²) in [6.45, 7) is 1.93. The predicted molar refractivity (Wildman–Crippen MR) is 40.8 cm³/mol. The molecule has 0 saturated carbocycles. The largest absolute Gasteiger partial charge is 0.486 e. The maximum atomic E-state index is 11.0. The highest BCUT2D eigenvalue weighted by Crippen LogP contribution is 2.52. The van der Waals surface area contributed by atoms with Crippen LogP contribution in [-0.2, 0) is 17.6 Å². The van der Waals surface area contributed by atoms with E-state index in [1.807, 2.05) is 0 Å². The van der Waals surface area contributed by atoms with Gasteiger partial charge < -0.3 is 0 Å². The first-order valence-corrected chi connectivity index (χ1v) is 5.48. The summed E-state index contributed by atoms with van der Waals surface area (Å²) in [6, 6.07) is 0. The van der Waals surface area contributed by atoms with Crippen molar-refractivity contribution in [3.63, 3.8) is 0 Å². The molecule has 0 aromatic heterocycles. The fraction of sp³-hybridized carbons (Fsp3) is 1.00. The average Bonchev–Trinajstić information content (AvgIpc) is 1.89. The normalized spacial score (nSPS) is 16.7. The van der Waals surface area contributed by atoms with Crippen molar-refractivity contribution < 1.29 is 17.6 Å². The Labute approximate surface area is 68.5 Å². The zero-order valence-corrected chi connectivity index (χ0v) is 8.04. The maximum Gasteiger partial charge on any atom is 0.486 e. The second-order valence-corrected chi connectivity index (χ2v) is 3.80. The predicted octanol–water partition coefficient (Wildman–Crippen LogP) is 2.60. The summed E-state index contributed by atoms with van der Waals surface area (Å²) < 4.78 is 24.5. The number of hydrogen-bond donors (Lipinski definition) is 0. The molecule has 0 bridgehead atoms. The van der Waals surface area contributed by atoms with E-state index in [2.05, 4.69) is 13.0 Å². The molecule has 0 spiro atoms. The summed E-state index contributed by atoms with van der Waals surface area (Å²) in [7, 11) is 2.92. The minimum absolute atomic E-state index is 0.253. The molecule has 0 aliphatic rings. The zero-order chi connectivity index (χ0) is 8.04. The van der Waals surface area contributed by atoms with Crippen LogP contribution in [0.2, 0.25) is 0 Å². The van der Waals surface area contributed by atoms with Crippen LogP contribution in [0, 0.1) is 0 Å². The average molecular weight is 207 g/mol. The quantitative estimate of drug-likeness (QED) is 0.511. The standard InChI is InChI=1S/C3H8ClO4PS/c1-3-7-9(5,6-2)8-10-4/h3H2,1-2H3. The van der Waals surface area contributed by atoms with E-state index in [0.717, 1.165) is 0 Å². The smallest absolute Gasteiger partial charge is 0.290 e. The van der Waals surface area contributed by atoms with Gasteiger partial charge in [-0.25, -0.2) is 4.57 Å². The second-order valence-electron chi connectivity index (χ2n) is 1.19. The van der Waals surface area contributed by atoms with Crippen molar-refractivity contribution >= 4 is 29.8 Å². The molecule has 0 rings (SSSR count). The molecule has 62 valence electrons. The highest BCUT2D eigenvalue weighted by molar-refractivity contribution is 8.19. The van der Waals surface area contributed by atoms with E-state index in [0.29, 0.717) is 11.3 Å². The fourth-order valence-corrected chi connectivity index (χ4v) is 2.03. The SMILES string of the molecule is CCOP(=O)(OC)OSCl. The van der Waals surface area contributed by atoms with Crippen molar-refractivity contribution in [2.75, 3.05) is 13.7 Å². The summed E-state index contributed by atoms with van der Waals surface area (Å²) >= 11 is 0.432. The highest BCUT2D eigenvalue weighted by Gasteiger charge is 2.24. The summed E-state index contributed by atoms with van der Waals surface area (Å²) in [5, 5.41) is 0. The Balaban J connectivity index is 3.83. The van der Waals surface area contributed by atoms with E-state index in [4.69, 9.17) is 10.7 Å². The van der Waals surface area contributed by atoms with Gasteiger partial charge in [-0.05, 0) is 17.6 Å². The van der Waals surface area contributed by atoms with Crippen LogP contribution < -0.4 is 0 Å². The van der Waals surface area contributed by atoms with Crippen LogP contribution in [0.1, 0.15) is 6.92 Å². The Morgan fingerprint density at radius 3 is 2.60 bits per heavy atom. The maximum absolute atomic E-state index is 11.0. The number of phosphoric ester groups is 1. The number of rotatable bonds is 5. The zero-order valence-electron chi connectivity index (χ0n) is 5.57. The third-order valence-corrected chi connectivity index (χ3v) is 3.11. The van der Waals surface area contributed by atoms with Gasteiger partial charge in [0.15, 0.2) is 0 Å². The molecule has 1 unspecified atom stereocenters. The van der Waals surface area contributed by atoms with Crippen LogP contribution in [0.4, 0.5) is 0 Å². The third-order valence-electron chi connectivity index (χ3n) is 0.630. The molecule has 0 aromatic carbocycles. The summed E-state index contributed by atoms with van der Waals surface area (Å²) in [5.41, 5.74) is 0. The first kappa shape index (κ1) is 10.8. The Bertz CT molecular complexity index is 122. The van der Waals surface area contributed by atoms with Gasteiger partial charge in [-0.1, -0.05) is 0 Å². The van der Waals surface area contributed by atoms with E-state index in [1.165, 1.54) is 7.11 Å². The summed E-state index contributed by atoms with van der Waals surface area (Å²) in [6.07, 6.45) is 0. The number of halogens is 1. The lowest BCUT2D eigenvalue weighted by atomic mass is 10.9. The number of hydrogen-bond acceptors (Lipinski definition) is 5. The van der Waals surface area contributed by atoms with E-state index in [-0.39, 0.29) is 6.61 Å². The molecule has 0 N–H and O–H groups in total. The lowest BCUT2D eigenvalue weighted by molar-refractivity contribution is 0.196. The Kier molecular flexibility index (Phi) is 5.81. The van der Waals surface area contributed by atoms with Crippen LogP contribution in [0.15, 0.2) is 0 Å². The first-order valence-electron chi connectivity index (χ1n) is 2.46. The van der Waals surface area contributed by atoms with E-state index in [1.54, 1.807) is 6.92 Å².